The van der Waals surface area contributed by atoms with Crippen molar-refractivity contribution in [3.05, 3.63) is 77.3 Å². The lowest BCUT2D eigenvalue weighted by atomic mass is 10.2. The van der Waals surface area contributed by atoms with Gasteiger partial charge in [-0.15, -0.1) is 0 Å². The first-order valence-electron chi connectivity index (χ1n) is 10.5. The number of anilines is 2. The molecule has 174 valence electrons. The first-order chi connectivity index (χ1) is 16.4. The van der Waals surface area contributed by atoms with E-state index in [-0.39, 0.29) is 24.1 Å². The molecule has 0 unspecified atom stereocenters. The third-order valence-corrected chi connectivity index (χ3v) is 6.31. The van der Waals surface area contributed by atoms with Crippen LogP contribution in [0.5, 0.6) is 5.75 Å². The van der Waals surface area contributed by atoms with E-state index in [2.05, 4.69) is 15.6 Å². The molecule has 34 heavy (non-hydrogen) atoms. The van der Waals surface area contributed by atoms with Crippen LogP contribution >= 0.6 is 23.4 Å². The van der Waals surface area contributed by atoms with Gasteiger partial charge in [-0.05, 0) is 61.0 Å². The number of para-hydroxylation sites is 2. The number of aryl methyl sites for hydroxylation is 1. The fraction of sp³-hybridized carbons (Fsp3) is 0.160. The SMILES string of the molecule is COc1ccc(NC(=O)CSc2nc3ccccc3n2CC(=O)Nc2cc(Cl)ccc2C)cc1. The summed E-state index contributed by atoms with van der Waals surface area (Å²) in [6.45, 7) is 1.95. The summed E-state index contributed by atoms with van der Waals surface area (Å²) in [5.41, 5.74) is 3.83. The van der Waals surface area contributed by atoms with Gasteiger partial charge in [0.25, 0.3) is 0 Å². The Morgan fingerprint density at radius 1 is 1.03 bits per heavy atom. The number of nitrogens with zero attached hydrogens (tertiary/aromatic N) is 2. The molecule has 1 heterocycles. The normalized spacial score (nSPS) is 10.8. The highest BCUT2D eigenvalue weighted by atomic mass is 35.5. The van der Waals surface area contributed by atoms with E-state index >= 15 is 0 Å². The highest BCUT2D eigenvalue weighted by Crippen LogP contribution is 2.25. The number of imidazole rings is 1. The van der Waals surface area contributed by atoms with Crippen LogP contribution in [0.2, 0.25) is 5.02 Å². The second kappa shape index (κ2) is 10.6. The zero-order chi connectivity index (χ0) is 24.1. The molecular weight excluding hydrogens is 472 g/mol. The van der Waals surface area contributed by atoms with Crippen molar-refractivity contribution in [1.29, 1.82) is 0 Å². The Bertz CT molecular complexity index is 1340. The number of hydrogen-bond donors (Lipinski definition) is 2. The molecule has 4 rings (SSSR count). The van der Waals surface area contributed by atoms with Gasteiger partial charge in [-0.25, -0.2) is 4.98 Å². The van der Waals surface area contributed by atoms with Crippen LogP contribution in [0, 0.1) is 6.92 Å². The molecule has 0 saturated heterocycles. The Balaban J connectivity index is 1.47. The number of aromatic nitrogens is 2. The Hall–Kier alpha value is -3.49. The lowest BCUT2D eigenvalue weighted by Crippen LogP contribution is -2.20. The molecule has 7 nitrogen and oxygen atoms in total. The second-order valence-corrected chi connectivity index (χ2v) is 8.92. The van der Waals surface area contributed by atoms with Crippen LogP contribution in [0.3, 0.4) is 0 Å². The van der Waals surface area contributed by atoms with E-state index in [1.807, 2.05) is 41.8 Å². The van der Waals surface area contributed by atoms with E-state index < -0.39 is 0 Å². The molecule has 0 aliphatic carbocycles. The van der Waals surface area contributed by atoms with Crippen LogP contribution in [-0.2, 0) is 16.1 Å². The van der Waals surface area contributed by atoms with E-state index in [0.29, 0.717) is 27.3 Å². The largest absolute Gasteiger partial charge is 0.497 e. The van der Waals surface area contributed by atoms with Crippen molar-refractivity contribution in [2.45, 2.75) is 18.6 Å². The van der Waals surface area contributed by atoms with Crippen LogP contribution < -0.4 is 15.4 Å². The maximum atomic E-state index is 12.9. The number of rotatable bonds is 8. The summed E-state index contributed by atoms with van der Waals surface area (Å²) in [4.78, 5) is 30.0. The molecule has 1 aromatic heterocycles. The molecule has 2 N–H and O–H groups in total. The molecule has 0 aliphatic rings. The zero-order valence-corrected chi connectivity index (χ0v) is 20.2. The fourth-order valence-corrected chi connectivity index (χ4v) is 4.37. The minimum Gasteiger partial charge on any atom is -0.497 e. The zero-order valence-electron chi connectivity index (χ0n) is 18.7. The highest BCUT2D eigenvalue weighted by Gasteiger charge is 2.16. The molecule has 0 bridgehead atoms. The second-order valence-electron chi connectivity index (χ2n) is 7.54. The van der Waals surface area contributed by atoms with E-state index in [1.54, 1.807) is 43.5 Å². The summed E-state index contributed by atoms with van der Waals surface area (Å²) in [5, 5.41) is 6.91. The third kappa shape index (κ3) is 5.70. The van der Waals surface area contributed by atoms with Gasteiger partial charge >= 0.3 is 0 Å². The molecule has 0 fully saturated rings. The van der Waals surface area contributed by atoms with Crippen LogP contribution in [0.15, 0.2) is 71.9 Å². The summed E-state index contributed by atoms with van der Waals surface area (Å²) >= 11 is 7.35. The van der Waals surface area contributed by atoms with E-state index in [9.17, 15) is 9.59 Å². The number of benzene rings is 3. The smallest absolute Gasteiger partial charge is 0.244 e. The first kappa shape index (κ1) is 23.7. The summed E-state index contributed by atoms with van der Waals surface area (Å²) in [7, 11) is 1.59. The van der Waals surface area contributed by atoms with Crippen molar-refractivity contribution in [3.63, 3.8) is 0 Å². The van der Waals surface area contributed by atoms with Gasteiger partial charge in [0.2, 0.25) is 11.8 Å². The van der Waals surface area contributed by atoms with Gasteiger partial charge in [0.05, 0.1) is 23.9 Å². The van der Waals surface area contributed by atoms with E-state index in [0.717, 1.165) is 16.6 Å². The number of ether oxygens (including phenoxy) is 1. The molecule has 0 spiro atoms. The number of hydrogen-bond acceptors (Lipinski definition) is 5. The Labute approximate surface area is 206 Å². The predicted molar refractivity (Wildman–Crippen MR) is 137 cm³/mol. The van der Waals surface area contributed by atoms with Crippen molar-refractivity contribution < 1.29 is 14.3 Å². The number of methoxy groups -OCH3 is 1. The summed E-state index contributed by atoms with van der Waals surface area (Å²) in [5.74, 6) is 0.475. The van der Waals surface area contributed by atoms with E-state index in [1.165, 1.54) is 11.8 Å². The Morgan fingerprint density at radius 2 is 1.79 bits per heavy atom. The quantitative estimate of drug-likeness (QED) is 0.321. The number of amides is 2. The number of carbonyl (C=O) groups is 2. The van der Waals surface area contributed by atoms with Crippen molar-refractivity contribution >= 4 is 57.6 Å². The monoisotopic (exact) mass is 494 g/mol. The molecule has 3 aromatic carbocycles. The van der Waals surface area contributed by atoms with Crippen LogP contribution in [0.25, 0.3) is 11.0 Å². The minimum atomic E-state index is -0.210. The number of halogens is 1. The maximum Gasteiger partial charge on any atom is 0.244 e. The van der Waals surface area contributed by atoms with Crippen LogP contribution in [0.1, 0.15) is 5.56 Å². The van der Waals surface area contributed by atoms with E-state index in [4.69, 9.17) is 16.3 Å². The molecule has 4 aromatic rings. The summed E-state index contributed by atoms with van der Waals surface area (Å²) in [6.07, 6.45) is 0. The number of carbonyl (C=O) groups excluding carboxylic acids is 2. The van der Waals surface area contributed by atoms with Gasteiger partial charge in [0.1, 0.15) is 12.3 Å². The molecule has 2 amide bonds. The Morgan fingerprint density at radius 3 is 2.56 bits per heavy atom. The number of fused-ring (bicyclic) bond motifs is 1. The van der Waals surface area contributed by atoms with Crippen molar-refractivity contribution in [3.8, 4) is 5.75 Å². The molecule has 0 atom stereocenters. The summed E-state index contributed by atoms with van der Waals surface area (Å²) < 4.78 is 6.95. The number of thioether (sulfide) groups is 1. The standard InChI is InChI=1S/C25H23ClN4O3S/c1-16-7-8-17(26)13-21(16)28-23(31)14-30-22-6-4-3-5-20(22)29-25(30)34-15-24(32)27-18-9-11-19(33-2)12-10-18/h3-13H,14-15H2,1-2H3,(H,27,32)(H,28,31). The van der Waals surface area contributed by atoms with Gasteiger partial charge in [-0.1, -0.05) is 41.6 Å². The van der Waals surface area contributed by atoms with Crippen molar-refractivity contribution in [2.75, 3.05) is 23.5 Å². The van der Waals surface area contributed by atoms with Gasteiger partial charge in [-0.3, -0.25) is 9.59 Å². The molecule has 0 saturated carbocycles. The molecule has 0 radical (unpaired) electrons. The topological polar surface area (TPSA) is 85.2 Å². The van der Waals surface area contributed by atoms with Gasteiger partial charge in [0, 0.05) is 16.4 Å². The molecule has 0 aliphatic heterocycles. The molecule has 9 heteroatoms. The number of nitrogens with one attached hydrogen (secondary N) is 2. The maximum absolute atomic E-state index is 12.9. The van der Waals surface area contributed by atoms with Gasteiger partial charge in [-0.2, -0.15) is 0 Å². The summed E-state index contributed by atoms with van der Waals surface area (Å²) in [6, 6.07) is 20.0. The first-order valence-corrected chi connectivity index (χ1v) is 11.9. The van der Waals surface area contributed by atoms with Crippen LogP contribution in [0.4, 0.5) is 11.4 Å². The third-order valence-electron chi connectivity index (χ3n) is 5.10. The average Bonchev–Trinajstić information content (AvgIpc) is 3.18. The minimum absolute atomic E-state index is 0.0505. The average molecular weight is 495 g/mol. The lowest BCUT2D eigenvalue weighted by molar-refractivity contribution is -0.117. The lowest BCUT2D eigenvalue weighted by Gasteiger charge is -2.12. The highest BCUT2D eigenvalue weighted by molar-refractivity contribution is 7.99. The van der Waals surface area contributed by atoms with Crippen molar-refractivity contribution in [2.24, 2.45) is 0 Å². The van der Waals surface area contributed by atoms with Crippen molar-refractivity contribution in [1.82, 2.24) is 9.55 Å². The predicted octanol–water partition coefficient (Wildman–Crippen LogP) is 5.38. The fourth-order valence-electron chi connectivity index (χ4n) is 3.38. The van der Waals surface area contributed by atoms with Gasteiger partial charge in [0.15, 0.2) is 5.16 Å². The Kier molecular flexibility index (Phi) is 7.40. The van der Waals surface area contributed by atoms with Gasteiger partial charge < -0.3 is 19.9 Å². The van der Waals surface area contributed by atoms with Crippen LogP contribution in [-0.4, -0.2) is 34.2 Å². The molecular formula is C25H23ClN4O3S.